The second-order valence-corrected chi connectivity index (χ2v) is 6.63. The zero-order valence-electron chi connectivity index (χ0n) is 14.6. The van der Waals surface area contributed by atoms with Crippen molar-refractivity contribution in [3.05, 3.63) is 58.5 Å². The third-order valence-corrected chi connectivity index (χ3v) is 4.88. The summed E-state index contributed by atoms with van der Waals surface area (Å²) in [5.74, 6) is 2.35. The second-order valence-electron chi connectivity index (χ2n) is 6.63. The summed E-state index contributed by atoms with van der Waals surface area (Å²) in [6, 6.07) is 5.72. The summed E-state index contributed by atoms with van der Waals surface area (Å²) in [6.07, 6.45) is 4.59. The van der Waals surface area contributed by atoms with Gasteiger partial charge < -0.3 is 14.3 Å². The van der Waals surface area contributed by atoms with Crippen LogP contribution in [0, 0.1) is 20.8 Å². The molecule has 0 spiro atoms. The minimum atomic E-state index is -0.0707. The van der Waals surface area contributed by atoms with Gasteiger partial charge in [-0.1, -0.05) is 5.16 Å². The van der Waals surface area contributed by atoms with Crippen LogP contribution in [0.4, 0.5) is 0 Å². The van der Waals surface area contributed by atoms with Crippen LogP contribution < -0.4 is 5.32 Å². The number of rotatable bonds is 3. The molecule has 3 aromatic rings. The highest BCUT2D eigenvalue weighted by Crippen LogP contribution is 2.31. The van der Waals surface area contributed by atoms with Crippen molar-refractivity contribution in [2.24, 2.45) is 0 Å². The monoisotopic (exact) mass is 339 g/mol. The highest BCUT2D eigenvalue weighted by molar-refractivity contribution is 5.96. The van der Waals surface area contributed by atoms with E-state index >= 15 is 0 Å². The lowest BCUT2D eigenvalue weighted by molar-refractivity contribution is 0.0931. The van der Waals surface area contributed by atoms with Gasteiger partial charge in [0.05, 0.1) is 17.9 Å². The molecule has 6 nitrogen and oxygen atoms in total. The average molecular weight is 339 g/mol. The van der Waals surface area contributed by atoms with Gasteiger partial charge in [0.1, 0.15) is 11.5 Å². The number of hydrogen-bond acceptors (Lipinski definition) is 4. The number of fused-ring (bicyclic) bond motifs is 1. The maximum Gasteiger partial charge on any atom is 0.253 e. The molecule has 1 unspecified atom stereocenters. The molecule has 3 aromatic heterocycles. The summed E-state index contributed by atoms with van der Waals surface area (Å²) in [5, 5.41) is 7.22. The summed E-state index contributed by atoms with van der Waals surface area (Å²) in [5.41, 5.74) is 3.56. The van der Waals surface area contributed by atoms with Crippen molar-refractivity contribution in [3.63, 3.8) is 0 Å². The highest BCUT2D eigenvalue weighted by Gasteiger charge is 2.26. The molecule has 130 valence electrons. The van der Waals surface area contributed by atoms with Crippen molar-refractivity contribution >= 4 is 5.91 Å². The van der Waals surface area contributed by atoms with Crippen LogP contribution >= 0.6 is 0 Å². The van der Waals surface area contributed by atoms with E-state index in [0.717, 1.165) is 47.7 Å². The molecule has 0 fully saturated rings. The fraction of sp³-hybridized carbons (Fsp3) is 0.368. The summed E-state index contributed by atoms with van der Waals surface area (Å²) in [4.78, 5) is 12.9. The summed E-state index contributed by atoms with van der Waals surface area (Å²) in [6.45, 7) is 5.74. The smallest absolute Gasteiger partial charge is 0.253 e. The van der Waals surface area contributed by atoms with Gasteiger partial charge in [-0.3, -0.25) is 9.36 Å². The lowest BCUT2D eigenvalue weighted by Crippen LogP contribution is -2.30. The summed E-state index contributed by atoms with van der Waals surface area (Å²) in [7, 11) is 0. The third kappa shape index (κ3) is 2.67. The van der Waals surface area contributed by atoms with E-state index in [1.807, 2.05) is 43.5 Å². The number of aromatic nitrogens is 2. The third-order valence-electron chi connectivity index (χ3n) is 4.88. The van der Waals surface area contributed by atoms with Gasteiger partial charge in [0.2, 0.25) is 0 Å². The predicted octanol–water partition coefficient (Wildman–Crippen LogP) is 3.79. The Bertz CT molecular complexity index is 932. The van der Waals surface area contributed by atoms with E-state index in [1.54, 1.807) is 6.26 Å². The molecular formula is C19H21N3O3. The maximum absolute atomic E-state index is 12.9. The van der Waals surface area contributed by atoms with E-state index in [0.29, 0.717) is 11.4 Å². The first-order valence-electron chi connectivity index (χ1n) is 8.54. The van der Waals surface area contributed by atoms with Crippen molar-refractivity contribution in [1.82, 2.24) is 15.0 Å². The molecule has 1 atom stereocenters. The molecule has 25 heavy (non-hydrogen) atoms. The molecule has 4 rings (SSSR count). The number of nitrogens with zero attached hydrogens (tertiary/aromatic N) is 2. The zero-order valence-corrected chi connectivity index (χ0v) is 14.6. The van der Waals surface area contributed by atoms with Gasteiger partial charge in [-0.05, 0) is 45.7 Å². The van der Waals surface area contributed by atoms with Crippen LogP contribution in [-0.2, 0) is 6.42 Å². The van der Waals surface area contributed by atoms with Gasteiger partial charge in [0.15, 0.2) is 5.82 Å². The Morgan fingerprint density at radius 2 is 2.16 bits per heavy atom. The molecule has 0 aliphatic heterocycles. The van der Waals surface area contributed by atoms with Gasteiger partial charge in [-0.25, -0.2) is 0 Å². The Kier molecular flexibility index (Phi) is 3.75. The number of carbonyl (C=O) groups is 1. The molecule has 0 aromatic carbocycles. The Hall–Kier alpha value is -2.76. The van der Waals surface area contributed by atoms with Crippen LogP contribution in [0.25, 0.3) is 5.82 Å². The molecule has 1 aliphatic carbocycles. The van der Waals surface area contributed by atoms with E-state index in [-0.39, 0.29) is 11.9 Å². The van der Waals surface area contributed by atoms with Gasteiger partial charge in [0, 0.05) is 29.4 Å². The quantitative estimate of drug-likeness (QED) is 0.788. The van der Waals surface area contributed by atoms with Crippen molar-refractivity contribution in [1.29, 1.82) is 0 Å². The minimum Gasteiger partial charge on any atom is -0.469 e. The van der Waals surface area contributed by atoms with E-state index in [2.05, 4.69) is 10.5 Å². The Labute approximate surface area is 145 Å². The number of hydrogen-bond donors (Lipinski definition) is 1. The van der Waals surface area contributed by atoms with E-state index in [1.165, 1.54) is 0 Å². The van der Waals surface area contributed by atoms with E-state index in [4.69, 9.17) is 8.94 Å². The largest absolute Gasteiger partial charge is 0.469 e. The lowest BCUT2D eigenvalue weighted by Gasteiger charge is -2.22. The van der Waals surface area contributed by atoms with Gasteiger partial charge in [0.25, 0.3) is 5.91 Å². The first kappa shape index (κ1) is 15.7. The number of amides is 1. The van der Waals surface area contributed by atoms with Crippen molar-refractivity contribution in [3.8, 4) is 5.82 Å². The predicted molar refractivity (Wildman–Crippen MR) is 91.9 cm³/mol. The van der Waals surface area contributed by atoms with Crippen LogP contribution in [0.5, 0.6) is 0 Å². The Morgan fingerprint density at radius 3 is 2.92 bits per heavy atom. The zero-order chi connectivity index (χ0) is 17.6. The van der Waals surface area contributed by atoms with Crippen molar-refractivity contribution in [2.45, 2.75) is 46.1 Å². The van der Waals surface area contributed by atoms with Crippen LogP contribution in [0.3, 0.4) is 0 Å². The molecule has 0 bridgehead atoms. The minimum absolute atomic E-state index is 0.00681. The molecule has 1 N–H and O–H groups in total. The molecular weight excluding hydrogens is 318 g/mol. The average Bonchev–Trinajstić information content (AvgIpc) is 3.27. The van der Waals surface area contributed by atoms with Crippen molar-refractivity contribution < 1.29 is 13.7 Å². The first-order valence-corrected chi connectivity index (χ1v) is 8.54. The van der Waals surface area contributed by atoms with Crippen molar-refractivity contribution in [2.75, 3.05) is 0 Å². The molecule has 0 radical (unpaired) electrons. The molecule has 1 aliphatic rings. The van der Waals surface area contributed by atoms with Gasteiger partial charge in [-0.15, -0.1) is 0 Å². The number of nitrogens with one attached hydrogen (secondary N) is 1. The SMILES string of the molecule is Cc1cc(-n2c(C)cc(C(=O)NC3CCCc4occc43)c2C)no1. The highest BCUT2D eigenvalue weighted by atomic mass is 16.5. The lowest BCUT2D eigenvalue weighted by atomic mass is 9.93. The fourth-order valence-corrected chi connectivity index (χ4v) is 3.68. The summed E-state index contributed by atoms with van der Waals surface area (Å²) < 4.78 is 12.6. The molecule has 6 heteroatoms. The Balaban J connectivity index is 1.62. The molecule has 0 saturated carbocycles. The van der Waals surface area contributed by atoms with Gasteiger partial charge in [-0.2, -0.15) is 0 Å². The first-order chi connectivity index (χ1) is 12.0. The van der Waals surface area contributed by atoms with E-state index < -0.39 is 0 Å². The van der Waals surface area contributed by atoms with Gasteiger partial charge >= 0.3 is 0 Å². The number of carbonyl (C=O) groups excluding carboxylic acids is 1. The van der Waals surface area contributed by atoms with E-state index in [9.17, 15) is 4.79 Å². The Morgan fingerprint density at radius 1 is 1.32 bits per heavy atom. The molecule has 0 saturated heterocycles. The normalized spacial score (nSPS) is 16.7. The maximum atomic E-state index is 12.9. The van der Waals surface area contributed by atoms with Crippen LogP contribution in [0.15, 0.2) is 33.4 Å². The second kappa shape index (κ2) is 5.95. The summed E-state index contributed by atoms with van der Waals surface area (Å²) >= 11 is 0. The number of aryl methyl sites for hydroxylation is 3. The topological polar surface area (TPSA) is 73.2 Å². The molecule has 3 heterocycles. The molecule has 1 amide bonds. The fourth-order valence-electron chi connectivity index (χ4n) is 3.68. The van der Waals surface area contributed by atoms with Crippen LogP contribution in [0.1, 0.15) is 57.7 Å². The van der Waals surface area contributed by atoms with Crippen LogP contribution in [-0.4, -0.2) is 15.6 Å². The van der Waals surface area contributed by atoms with Crippen LogP contribution in [0.2, 0.25) is 0 Å². The standard InChI is InChI=1S/C19H21N3O3/c1-11-9-15(13(3)22(11)18-10-12(2)25-21-18)19(23)20-16-5-4-6-17-14(16)7-8-24-17/h7-10,16H,4-6H2,1-3H3,(H,20,23). The number of furan rings is 1.